The van der Waals surface area contributed by atoms with E-state index in [0.717, 1.165) is 6.26 Å². The third-order valence-corrected chi connectivity index (χ3v) is 0.249. The largest absolute Gasteiger partial charge is 0.435 e. The molecule has 0 saturated heterocycles. The SMILES string of the molecule is C=CCl.C=COC(C)=O.N. The normalized spacial score (nSPS) is 5.40. The van der Waals surface area contributed by atoms with Crippen molar-refractivity contribution in [1.29, 1.82) is 0 Å². The molecule has 0 aromatic carbocycles. The van der Waals surface area contributed by atoms with E-state index in [1.807, 2.05) is 0 Å². The lowest BCUT2D eigenvalue weighted by atomic mass is 10.8. The molecule has 0 bridgehead atoms. The Morgan fingerprint density at radius 3 is 1.90 bits per heavy atom. The predicted octanol–water partition coefficient (Wildman–Crippen LogP) is 2.22. The molecule has 0 aromatic heterocycles. The maximum Gasteiger partial charge on any atom is 0.307 e. The van der Waals surface area contributed by atoms with Gasteiger partial charge in [-0.1, -0.05) is 24.8 Å². The number of carbonyl (C=O) groups is 1. The number of hydrogen-bond donors (Lipinski definition) is 1. The molecule has 3 N–H and O–H groups in total. The summed E-state index contributed by atoms with van der Waals surface area (Å²) in [5.41, 5.74) is 1.22. The minimum Gasteiger partial charge on any atom is -0.435 e. The molecule has 0 aliphatic heterocycles. The highest BCUT2D eigenvalue weighted by atomic mass is 35.5. The van der Waals surface area contributed by atoms with Crippen LogP contribution in [0.15, 0.2) is 25.0 Å². The number of carbonyl (C=O) groups excluding carboxylic acids is 1. The highest BCUT2D eigenvalue weighted by Gasteiger charge is 1.79. The maximum absolute atomic E-state index is 9.75. The first kappa shape index (κ1) is 16.1. The molecule has 4 heteroatoms. The summed E-state index contributed by atoms with van der Waals surface area (Å²) in [6, 6.07) is 0. The number of rotatable bonds is 1. The van der Waals surface area contributed by atoms with Gasteiger partial charge in [-0.2, -0.15) is 0 Å². The molecule has 60 valence electrons. The van der Waals surface area contributed by atoms with Gasteiger partial charge in [0.25, 0.3) is 0 Å². The first-order chi connectivity index (χ1) is 4.18. The fourth-order valence-corrected chi connectivity index (χ4v) is 0.117. The first-order valence-corrected chi connectivity index (χ1v) is 2.62. The zero-order chi connectivity index (χ0) is 7.70. The quantitative estimate of drug-likeness (QED) is 0.479. The lowest BCUT2D eigenvalue weighted by molar-refractivity contribution is -0.135. The summed E-state index contributed by atoms with van der Waals surface area (Å²) in [5.74, 6) is -0.329. The van der Waals surface area contributed by atoms with Gasteiger partial charge in [0, 0.05) is 6.92 Å². The summed E-state index contributed by atoms with van der Waals surface area (Å²) >= 11 is 4.76. The van der Waals surface area contributed by atoms with Crippen molar-refractivity contribution in [3.63, 3.8) is 0 Å². The van der Waals surface area contributed by atoms with E-state index in [4.69, 9.17) is 11.6 Å². The van der Waals surface area contributed by atoms with E-state index in [1.165, 1.54) is 12.5 Å². The van der Waals surface area contributed by atoms with Crippen molar-refractivity contribution in [2.75, 3.05) is 0 Å². The molecule has 0 aliphatic carbocycles. The standard InChI is InChI=1S/C4H6O2.C2H3Cl.H3N/c1-3-6-4(2)5;1-2-3;/h3H,1H2,2H3;2H,1H2;1H3. The van der Waals surface area contributed by atoms with Gasteiger partial charge in [0.15, 0.2) is 0 Å². The van der Waals surface area contributed by atoms with Gasteiger partial charge in [-0.05, 0) is 5.54 Å². The number of halogens is 1. The molecule has 10 heavy (non-hydrogen) atoms. The molecule has 0 atom stereocenters. The van der Waals surface area contributed by atoms with Crippen LogP contribution < -0.4 is 6.15 Å². The van der Waals surface area contributed by atoms with Crippen LogP contribution in [-0.4, -0.2) is 5.97 Å². The Bertz CT molecular complexity index is 104. The molecule has 0 spiro atoms. The Balaban J connectivity index is -0.000000107. The van der Waals surface area contributed by atoms with Crippen molar-refractivity contribution in [2.45, 2.75) is 6.92 Å². The van der Waals surface area contributed by atoms with Crippen molar-refractivity contribution in [3.05, 3.63) is 25.0 Å². The summed E-state index contributed by atoms with van der Waals surface area (Å²) in [7, 11) is 0. The minimum atomic E-state index is -0.329. The Hall–Kier alpha value is -0.800. The van der Waals surface area contributed by atoms with Crippen molar-refractivity contribution < 1.29 is 9.53 Å². The smallest absolute Gasteiger partial charge is 0.307 e. The first-order valence-electron chi connectivity index (χ1n) is 2.18. The zero-order valence-corrected chi connectivity index (χ0v) is 6.73. The van der Waals surface area contributed by atoms with E-state index in [2.05, 4.69) is 17.9 Å². The monoisotopic (exact) mass is 165 g/mol. The number of esters is 1. The average Bonchev–Trinajstić information content (AvgIpc) is 1.67. The van der Waals surface area contributed by atoms with E-state index in [0.29, 0.717) is 0 Å². The molecule has 3 nitrogen and oxygen atoms in total. The van der Waals surface area contributed by atoms with Crippen molar-refractivity contribution >= 4 is 17.6 Å². The van der Waals surface area contributed by atoms with Crippen LogP contribution in [0.4, 0.5) is 0 Å². The molecule has 0 aromatic rings. The zero-order valence-electron chi connectivity index (χ0n) is 5.97. The van der Waals surface area contributed by atoms with Crippen LogP contribution in [0.25, 0.3) is 0 Å². The van der Waals surface area contributed by atoms with Crippen LogP contribution in [0.5, 0.6) is 0 Å². The molecule has 0 rings (SSSR count). The Morgan fingerprint density at radius 1 is 1.60 bits per heavy atom. The number of ether oxygens (including phenoxy) is 1. The van der Waals surface area contributed by atoms with Gasteiger partial charge >= 0.3 is 5.97 Å². The highest BCUT2D eigenvalue weighted by Crippen LogP contribution is 1.70. The van der Waals surface area contributed by atoms with Crippen LogP contribution in [0.2, 0.25) is 0 Å². The van der Waals surface area contributed by atoms with Gasteiger partial charge in [0.1, 0.15) is 0 Å². The van der Waals surface area contributed by atoms with E-state index in [1.54, 1.807) is 0 Å². The minimum absolute atomic E-state index is 0. The van der Waals surface area contributed by atoms with Gasteiger partial charge in [-0.25, -0.2) is 0 Å². The van der Waals surface area contributed by atoms with Crippen LogP contribution in [-0.2, 0) is 9.53 Å². The van der Waals surface area contributed by atoms with Crippen molar-refractivity contribution in [3.8, 4) is 0 Å². The summed E-state index contributed by atoms with van der Waals surface area (Å²) in [6.45, 7) is 7.61. The molecular weight excluding hydrogens is 154 g/mol. The van der Waals surface area contributed by atoms with E-state index in [9.17, 15) is 4.79 Å². The molecule has 0 unspecified atom stereocenters. The van der Waals surface area contributed by atoms with E-state index < -0.39 is 0 Å². The molecule has 0 radical (unpaired) electrons. The Morgan fingerprint density at radius 2 is 1.90 bits per heavy atom. The fraction of sp³-hybridized carbons (Fsp3) is 0.167. The topological polar surface area (TPSA) is 61.3 Å². The average molecular weight is 166 g/mol. The van der Waals surface area contributed by atoms with Crippen LogP contribution in [0.1, 0.15) is 6.92 Å². The van der Waals surface area contributed by atoms with Crippen molar-refractivity contribution in [2.24, 2.45) is 0 Å². The molecular formula is C6H12ClNO2. The summed E-state index contributed by atoms with van der Waals surface area (Å²) < 4.78 is 4.17. The van der Waals surface area contributed by atoms with Gasteiger partial charge in [-0.3, -0.25) is 4.79 Å². The molecule has 0 aliphatic rings. The summed E-state index contributed by atoms with van der Waals surface area (Å²) in [6.07, 6.45) is 1.10. The Labute approximate surface area is 65.9 Å². The van der Waals surface area contributed by atoms with Gasteiger partial charge < -0.3 is 10.9 Å². The Kier molecular flexibility index (Phi) is 25.3. The lowest BCUT2D eigenvalue weighted by Crippen LogP contribution is -1.87. The second-order valence-electron chi connectivity index (χ2n) is 0.930. The maximum atomic E-state index is 9.75. The lowest BCUT2D eigenvalue weighted by Gasteiger charge is -1.83. The fourth-order valence-electron chi connectivity index (χ4n) is 0.117. The van der Waals surface area contributed by atoms with Crippen molar-refractivity contribution in [1.82, 2.24) is 6.15 Å². The van der Waals surface area contributed by atoms with Crippen LogP contribution in [0.3, 0.4) is 0 Å². The van der Waals surface area contributed by atoms with Gasteiger partial charge in [0.2, 0.25) is 0 Å². The third-order valence-electron chi connectivity index (χ3n) is 0.249. The summed E-state index contributed by atoms with van der Waals surface area (Å²) in [5, 5.41) is 0. The molecule has 0 amide bonds. The van der Waals surface area contributed by atoms with E-state index >= 15 is 0 Å². The third kappa shape index (κ3) is 57.2. The molecule has 0 saturated carbocycles. The number of hydrogen-bond acceptors (Lipinski definition) is 3. The second kappa shape index (κ2) is 15.7. The van der Waals surface area contributed by atoms with Gasteiger partial charge in [0.05, 0.1) is 6.26 Å². The summed E-state index contributed by atoms with van der Waals surface area (Å²) in [4.78, 5) is 9.75. The predicted molar refractivity (Wildman–Crippen MR) is 43.0 cm³/mol. The second-order valence-corrected chi connectivity index (χ2v) is 1.24. The van der Waals surface area contributed by atoms with Crippen LogP contribution in [0, 0.1) is 0 Å². The van der Waals surface area contributed by atoms with Gasteiger partial charge in [-0.15, -0.1) is 0 Å². The van der Waals surface area contributed by atoms with E-state index in [-0.39, 0.29) is 12.1 Å². The molecule has 0 fully saturated rings. The van der Waals surface area contributed by atoms with Crippen LogP contribution >= 0.6 is 11.6 Å². The highest BCUT2D eigenvalue weighted by molar-refractivity contribution is 6.25. The molecule has 0 heterocycles.